The molecule has 132 valence electrons. The smallest absolute Gasteiger partial charge is 0.262 e. The van der Waals surface area contributed by atoms with Crippen LogP contribution >= 0.6 is 0 Å². The normalized spacial score (nSPS) is 15.3. The van der Waals surface area contributed by atoms with Gasteiger partial charge in [0.1, 0.15) is 0 Å². The van der Waals surface area contributed by atoms with Gasteiger partial charge in [0.2, 0.25) is 5.91 Å². The number of carbonyl (C=O) groups excluding carboxylic acids is 1. The highest BCUT2D eigenvalue weighted by atomic mass is 32.2. The zero-order valence-corrected chi connectivity index (χ0v) is 15.3. The van der Waals surface area contributed by atoms with Crippen molar-refractivity contribution >= 4 is 27.3 Å². The Bertz CT molecular complexity index is 907. The molecular formula is C19H22N2O3S. The summed E-state index contributed by atoms with van der Waals surface area (Å²) in [5.41, 5.74) is 2.77. The lowest BCUT2D eigenvalue weighted by Gasteiger charge is -2.27. The minimum absolute atomic E-state index is 0.0841. The second-order valence-corrected chi connectivity index (χ2v) is 8.08. The molecule has 1 saturated heterocycles. The van der Waals surface area contributed by atoms with Gasteiger partial charge in [-0.3, -0.25) is 9.52 Å². The van der Waals surface area contributed by atoms with E-state index in [1.54, 1.807) is 42.2 Å². The van der Waals surface area contributed by atoms with Crippen molar-refractivity contribution in [2.24, 2.45) is 0 Å². The van der Waals surface area contributed by atoms with Gasteiger partial charge in [-0.25, -0.2) is 8.42 Å². The molecule has 5 nitrogen and oxygen atoms in total. The molecule has 0 spiro atoms. The Morgan fingerprint density at radius 1 is 1.04 bits per heavy atom. The number of rotatable bonds is 4. The quantitative estimate of drug-likeness (QED) is 0.908. The SMILES string of the molecule is Cc1ccc(C)c(S(=O)(=O)Nc2cccc(N3CCCCC3=O)c2)c1. The number of carbonyl (C=O) groups is 1. The van der Waals surface area contributed by atoms with E-state index in [1.165, 1.54) is 0 Å². The van der Waals surface area contributed by atoms with Crippen LogP contribution in [0, 0.1) is 13.8 Å². The van der Waals surface area contributed by atoms with Crippen molar-refractivity contribution in [1.29, 1.82) is 0 Å². The molecule has 0 saturated carbocycles. The van der Waals surface area contributed by atoms with E-state index in [4.69, 9.17) is 0 Å². The number of piperidine rings is 1. The first-order chi connectivity index (χ1) is 11.9. The van der Waals surface area contributed by atoms with E-state index in [0.29, 0.717) is 24.2 Å². The minimum atomic E-state index is -3.68. The first-order valence-electron chi connectivity index (χ1n) is 8.37. The van der Waals surface area contributed by atoms with Gasteiger partial charge < -0.3 is 4.90 Å². The fraction of sp³-hybridized carbons (Fsp3) is 0.316. The second-order valence-electron chi connectivity index (χ2n) is 6.43. The lowest BCUT2D eigenvalue weighted by molar-refractivity contribution is -0.119. The number of hydrogen-bond donors (Lipinski definition) is 1. The summed E-state index contributed by atoms with van der Waals surface area (Å²) in [6.07, 6.45) is 2.41. The van der Waals surface area contributed by atoms with Gasteiger partial charge in [-0.1, -0.05) is 18.2 Å². The molecule has 0 radical (unpaired) electrons. The lowest BCUT2D eigenvalue weighted by atomic mass is 10.1. The van der Waals surface area contributed by atoms with Crippen LogP contribution in [0.15, 0.2) is 47.4 Å². The van der Waals surface area contributed by atoms with Gasteiger partial charge in [-0.15, -0.1) is 0 Å². The van der Waals surface area contributed by atoms with E-state index in [1.807, 2.05) is 19.1 Å². The molecule has 1 amide bonds. The van der Waals surface area contributed by atoms with Crippen LogP contribution in [0.1, 0.15) is 30.4 Å². The lowest BCUT2D eigenvalue weighted by Crippen LogP contribution is -2.35. The Hall–Kier alpha value is -2.34. The zero-order chi connectivity index (χ0) is 18.0. The molecule has 1 N–H and O–H groups in total. The molecule has 0 unspecified atom stereocenters. The monoisotopic (exact) mass is 358 g/mol. The Morgan fingerprint density at radius 2 is 1.84 bits per heavy atom. The van der Waals surface area contributed by atoms with Crippen LogP contribution in [0.2, 0.25) is 0 Å². The molecule has 1 fully saturated rings. The molecule has 2 aromatic rings. The average molecular weight is 358 g/mol. The van der Waals surface area contributed by atoms with Gasteiger partial charge in [0.05, 0.1) is 10.6 Å². The first-order valence-corrected chi connectivity index (χ1v) is 9.86. The van der Waals surface area contributed by atoms with E-state index in [9.17, 15) is 13.2 Å². The standard InChI is InChI=1S/C19H22N2O3S/c1-14-9-10-15(2)18(12-14)25(23,24)20-16-6-5-7-17(13-16)21-11-4-3-8-19(21)22/h5-7,9-10,12-13,20H,3-4,8,11H2,1-2H3. The summed E-state index contributed by atoms with van der Waals surface area (Å²) in [4.78, 5) is 14.1. The molecule has 1 aliphatic rings. The van der Waals surface area contributed by atoms with Crippen molar-refractivity contribution in [1.82, 2.24) is 0 Å². The summed E-state index contributed by atoms with van der Waals surface area (Å²) < 4.78 is 28.1. The summed E-state index contributed by atoms with van der Waals surface area (Å²) in [6, 6.07) is 12.4. The van der Waals surface area contributed by atoms with Crippen molar-refractivity contribution in [3.8, 4) is 0 Å². The van der Waals surface area contributed by atoms with E-state index in [0.717, 1.165) is 24.1 Å². The Kier molecular flexibility index (Phi) is 4.81. The summed E-state index contributed by atoms with van der Waals surface area (Å²) in [5, 5.41) is 0. The molecule has 25 heavy (non-hydrogen) atoms. The van der Waals surface area contributed by atoms with E-state index in [2.05, 4.69) is 4.72 Å². The number of nitrogens with zero attached hydrogens (tertiary/aromatic N) is 1. The highest BCUT2D eigenvalue weighted by Crippen LogP contribution is 2.26. The Morgan fingerprint density at radius 3 is 2.60 bits per heavy atom. The molecule has 0 bridgehead atoms. The van der Waals surface area contributed by atoms with E-state index in [-0.39, 0.29) is 10.8 Å². The maximum absolute atomic E-state index is 12.7. The third-order valence-corrected chi connectivity index (χ3v) is 5.89. The van der Waals surface area contributed by atoms with Gasteiger partial charge in [-0.05, 0) is 62.1 Å². The summed E-state index contributed by atoms with van der Waals surface area (Å²) in [5.74, 6) is 0.0841. The predicted molar refractivity (Wildman–Crippen MR) is 99.4 cm³/mol. The number of anilines is 2. The fourth-order valence-corrected chi connectivity index (χ4v) is 4.40. The van der Waals surface area contributed by atoms with Gasteiger partial charge in [0.15, 0.2) is 0 Å². The highest BCUT2D eigenvalue weighted by Gasteiger charge is 2.21. The number of hydrogen-bond acceptors (Lipinski definition) is 3. The topological polar surface area (TPSA) is 66.5 Å². The van der Waals surface area contributed by atoms with E-state index >= 15 is 0 Å². The number of amides is 1. The highest BCUT2D eigenvalue weighted by molar-refractivity contribution is 7.92. The third kappa shape index (κ3) is 3.85. The van der Waals surface area contributed by atoms with Gasteiger partial charge in [0, 0.05) is 18.7 Å². The molecule has 0 atom stereocenters. The molecule has 1 aliphatic heterocycles. The molecule has 1 heterocycles. The summed E-state index contributed by atoms with van der Waals surface area (Å²) in [7, 11) is -3.68. The minimum Gasteiger partial charge on any atom is -0.312 e. The number of aryl methyl sites for hydroxylation is 2. The number of sulfonamides is 1. The van der Waals surface area contributed by atoms with Crippen molar-refractivity contribution in [3.63, 3.8) is 0 Å². The third-order valence-electron chi connectivity index (χ3n) is 4.37. The van der Waals surface area contributed by atoms with Crippen LogP contribution in [-0.2, 0) is 14.8 Å². The van der Waals surface area contributed by atoms with Crippen LogP contribution in [-0.4, -0.2) is 20.9 Å². The fourth-order valence-electron chi connectivity index (χ4n) is 3.02. The van der Waals surface area contributed by atoms with Crippen molar-refractivity contribution in [2.75, 3.05) is 16.2 Å². The molecule has 0 aliphatic carbocycles. The molecule has 3 rings (SSSR count). The van der Waals surface area contributed by atoms with Gasteiger partial charge in [0.25, 0.3) is 10.0 Å². The molecule has 6 heteroatoms. The van der Waals surface area contributed by atoms with Crippen molar-refractivity contribution in [2.45, 2.75) is 38.0 Å². The maximum atomic E-state index is 12.7. The van der Waals surface area contributed by atoms with Crippen LogP contribution in [0.4, 0.5) is 11.4 Å². The Balaban J connectivity index is 1.89. The second kappa shape index (κ2) is 6.88. The van der Waals surface area contributed by atoms with E-state index < -0.39 is 10.0 Å². The van der Waals surface area contributed by atoms with Crippen molar-refractivity contribution in [3.05, 3.63) is 53.6 Å². The number of nitrogens with one attached hydrogen (secondary N) is 1. The maximum Gasteiger partial charge on any atom is 0.262 e. The van der Waals surface area contributed by atoms with Gasteiger partial charge >= 0.3 is 0 Å². The first kappa shape index (κ1) is 17.5. The Labute approximate surface area is 148 Å². The van der Waals surface area contributed by atoms with Crippen LogP contribution in [0.25, 0.3) is 0 Å². The average Bonchev–Trinajstić information content (AvgIpc) is 2.57. The predicted octanol–water partition coefficient (Wildman–Crippen LogP) is 3.62. The summed E-state index contributed by atoms with van der Waals surface area (Å²) >= 11 is 0. The van der Waals surface area contributed by atoms with Crippen molar-refractivity contribution < 1.29 is 13.2 Å². The van der Waals surface area contributed by atoms with Crippen LogP contribution in [0.5, 0.6) is 0 Å². The largest absolute Gasteiger partial charge is 0.312 e. The summed E-state index contributed by atoms with van der Waals surface area (Å²) in [6.45, 7) is 4.31. The van der Waals surface area contributed by atoms with Gasteiger partial charge in [-0.2, -0.15) is 0 Å². The van der Waals surface area contributed by atoms with Crippen LogP contribution < -0.4 is 9.62 Å². The molecular weight excluding hydrogens is 336 g/mol. The zero-order valence-electron chi connectivity index (χ0n) is 14.5. The van der Waals surface area contributed by atoms with Crippen LogP contribution in [0.3, 0.4) is 0 Å². The molecule has 0 aromatic heterocycles. The molecule has 2 aromatic carbocycles. The number of benzene rings is 2.